The summed E-state index contributed by atoms with van der Waals surface area (Å²) in [6.07, 6.45) is -1.07. The molecule has 0 saturated carbocycles. The number of carbonyl (C=O) groups is 3. The van der Waals surface area contributed by atoms with Gasteiger partial charge in [-0.25, -0.2) is 4.79 Å². The van der Waals surface area contributed by atoms with Gasteiger partial charge in [0.1, 0.15) is 18.5 Å². The van der Waals surface area contributed by atoms with Gasteiger partial charge in [0, 0.05) is 22.2 Å². The average Bonchev–Trinajstić information content (AvgIpc) is 2.81. The van der Waals surface area contributed by atoms with Crippen LogP contribution in [-0.4, -0.2) is 48.5 Å². The Morgan fingerprint density at radius 2 is 1.74 bits per heavy atom. The van der Waals surface area contributed by atoms with Gasteiger partial charge >= 0.3 is 12.1 Å². The summed E-state index contributed by atoms with van der Waals surface area (Å²) in [6.45, 7) is 5.29. The van der Waals surface area contributed by atoms with Gasteiger partial charge in [0.05, 0.1) is 19.0 Å². The Balaban J connectivity index is 2.26. The monoisotopic (exact) mass is 489 g/mol. The minimum atomic E-state index is -0.770. The van der Waals surface area contributed by atoms with E-state index in [2.05, 4.69) is 17.9 Å². The van der Waals surface area contributed by atoms with Crippen LogP contribution < -0.4 is 10.1 Å². The van der Waals surface area contributed by atoms with Crippen LogP contribution in [0.4, 0.5) is 10.5 Å². The summed E-state index contributed by atoms with van der Waals surface area (Å²) < 4.78 is 16.7. The Labute approximate surface area is 205 Å². The van der Waals surface area contributed by atoms with Crippen LogP contribution in [0, 0.1) is 5.41 Å². The van der Waals surface area contributed by atoms with Crippen LogP contribution in [0.3, 0.4) is 0 Å². The number of hydrogen-bond donors (Lipinski definition) is 3. The third kappa shape index (κ3) is 8.07. The summed E-state index contributed by atoms with van der Waals surface area (Å²) in [5.41, 5.74) is 0.956. The van der Waals surface area contributed by atoms with Crippen molar-refractivity contribution in [1.82, 2.24) is 0 Å². The van der Waals surface area contributed by atoms with E-state index in [1.54, 1.807) is 48.5 Å². The van der Waals surface area contributed by atoms with Gasteiger partial charge in [-0.1, -0.05) is 32.0 Å². The van der Waals surface area contributed by atoms with Crippen LogP contribution in [-0.2, 0) is 14.3 Å². The molecule has 0 bridgehead atoms. The zero-order chi connectivity index (χ0) is 25.1. The van der Waals surface area contributed by atoms with Crippen molar-refractivity contribution in [2.75, 3.05) is 30.9 Å². The van der Waals surface area contributed by atoms with Gasteiger partial charge in [0.15, 0.2) is 5.78 Å². The number of thiol groups is 1. The molecular weight excluding hydrogens is 458 g/mol. The molecule has 9 heteroatoms. The molecule has 0 aliphatic rings. The second-order valence-corrected chi connectivity index (χ2v) is 8.59. The average molecular weight is 490 g/mol. The molecule has 0 aliphatic carbocycles. The summed E-state index contributed by atoms with van der Waals surface area (Å²) in [4.78, 5) is 35.8. The van der Waals surface area contributed by atoms with Crippen LogP contribution in [0.2, 0.25) is 0 Å². The number of para-hydroxylation sites is 1. The first-order valence-electron chi connectivity index (χ1n) is 10.9. The molecule has 2 rings (SSSR count). The van der Waals surface area contributed by atoms with Crippen molar-refractivity contribution in [2.24, 2.45) is 5.41 Å². The Kier molecular flexibility index (Phi) is 10.4. The molecule has 0 saturated heterocycles. The molecule has 2 N–H and O–H groups in total. The quantitative estimate of drug-likeness (QED) is 0.230. The van der Waals surface area contributed by atoms with E-state index >= 15 is 0 Å². The number of benzene rings is 2. The number of hydrogen-bond acceptors (Lipinski definition) is 8. The van der Waals surface area contributed by atoms with Crippen LogP contribution in [0.1, 0.15) is 49.2 Å². The van der Waals surface area contributed by atoms with E-state index < -0.39 is 23.6 Å². The van der Waals surface area contributed by atoms with Gasteiger partial charge in [-0.3, -0.25) is 14.9 Å². The minimum Gasteiger partial charge on any atom is -0.491 e. The number of carbonyl (C=O) groups excluding carboxylic acids is 3. The van der Waals surface area contributed by atoms with E-state index in [0.717, 1.165) is 0 Å². The molecule has 0 unspecified atom stereocenters. The molecule has 0 fully saturated rings. The SMILES string of the molecule is CC(=O)c1ccc(NC(=O)O[C@H](c2ccccc2OCCO)C(C)(C)CCOC(=O)CS)cc1. The van der Waals surface area contributed by atoms with Gasteiger partial charge in [-0.2, -0.15) is 12.6 Å². The number of amides is 1. The van der Waals surface area contributed by atoms with Crippen molar-refractivity contribution in [3.63, 3.8) is 0 Å². The summed E-state index contributed by atoms with van der Waals surface area (Å²) in [7, 11) is 0. The Morgan fingerprint density at radius 1 is 1.06 bits per heavy atom. The highest BCUT2D eigenvalue weighted by atomic mass is 32.1. The van der Waals surface area contributed by atoms with Crippen LogP contribution >= 0.6 is 12.6 Å². The topological polar surface area (TPSA) is 111 Å². The first kappa shape index (κ1) is 27.2. The highest BCUT2D eigenvalue weighted by Gasteiger charge is 2.36. The molecule has 8 nitrogen and oxygen atoms in total. The third-order valence-corrected chi connectivity index (χ3v) is 5.42. The van der Waals surface area contributed by atoms with Gasteiger partial charge in [-0.05, 0) is 43.7 Å². The summed E-state index contributed by atoms with van der Waals surface area (Å²) in [6, 6.07) is 13.6. The lowest BCUT2D eigenvalue weighted by Gasteiger charge is -2.34. The fraction of sp³-hybridized carbons (Fsp3) is 0.400. The number of ketones is 1. The fourth-order valence-electron chi connectivity index (χ4n) is 3.28. The lowest BCUT2D eigenvalue weighted by molar-refractivity contribution is -0.141. The number of aliphatic hydroxyl groups excluding tert-OH is 1. The molecule has 0 aliphatic heterocycles. The Bertz CT molecular complexity index is 975. The second-order valence-electron chi connectivity index (χ2n) is 8.27. The summed E-state index contributed by atoms with van der Waals surface area (Å²) in [5.74, 6) is -0.0621. The van der Waals surface area contributed by atoms with E-state index in [4.69, 9.17) is 14.2 Å². The predicted octanol–water partition coefficient (Wildman–Crippen LogP) is 4.44. The van der Waals surface area contributed by atoms with Gasteiger partial charge < -0.3 is 19.3 Å². The largest absolute Gasteiger partial charge is 0.491 e. The van der Waals surface area contributed by atoms with E-state index in [1.807, 2.05) is 13.8 Å². The zero-order valence-corrected chi connectivity index (χ0v) is 20.5. The predicted molar refractivity (Wildman–Crippen MR) is 132 cm³/mol. The van der Waals surface area contributed by atoms with Crippen molar-refractivity contribution in [3.8, 4) is 5.75 Å². The lowest BCUT2D eigenvalue weighted by Crippen LogP contribution is -2.31. The fourth-order valence-corrected chi connectivity index (χ4v) is 3.37. The number of anilines is 1. The van der Waals surface area contributed by atoms with Crippen molar-refractivity contribution in [2.45, 2.75) is 33.3 Å². The normalized spacial score (nSPS) is 11.9. The first-order chi connectivity index (χ1) is 16.2. The maximum absolute atomic E-state index is 12.8. The summed E-state index contributed by atoms with van der Waals surface area (Å²) >= 11 is 3.91. The summed E-state index contributed by atoms with van der Waals surface area (Å²) in [5, 5.41) is 11.9. The van der Waals surface area contributed by atoms with Crippen molar-refractivity contribution < 1.29 is 33.7 Å². The first-order valence-corrected chi connectivity index (χ1v) is 11.5. The molecule has 1 amide bonds. The van der Waals surface area contributed by atoms with Gasteiger partial charge in [-0.15, -0.1) is 0 Å². The molecule has 0 spiro atoms. The standard InChI is InChI=1S/C25H31NO7S/c1-17(28)18-8-10-19(11-9-18)26-24(30)33-23(25(2,3)12-14-32-22(29)16-34)20-6-4-5-7-21(20)31-15-13-27/h4-11,23,27,34H,12-16H2,1-3H3,(H,26,30)/t23-/m1/s1. The molecule has 2 aromatic rings. The molecule has 34 heavy (non-hydrogen) atoms. The van der Waals surface area contributed by atoms with Crippen molar-refractivity contribution in [1.29, 1.82) is 0 Å². The van der Waals surface area contributed by atoms with E-state index in [1.165, 1.54) is 6.92 Å². The second kappa shape index (κ2) is 13.0. The maximum atomic E-state index is 12.8. The number of esters is 1. The zero-order valence-electron chi connectivity index (χ0n) is 19.6. The molecule has 0 aromatic heterocycles. The number of rotatable bonds is 12. The Hall–Kier alpha value is -3.04. The van der Waals surface area contributed by atoms with Crippen LogP contribution in [0.5, 0.6) is 5.75 Å². The van der Waals surface area contributed by atoms with Crippen molar-refractivity contribution in [3.05, 3.63) is 59.7 Å². The smallest absolute Gasteiger partial charge is 0.412 e. The third-order valence-electron chi connectivity index (χ3n) is 5.16. The van der Waals surface area contributed by atoms with E-state index in [0.29, 0.717) is 29.0 Å². The van der Waals surface area contributed by atoms with Gasteiger partial charge in [0.2, 0.25) is 0 Å². The molecule has 0 radical (unpaired) electrons. The van der Waals surface area contributed by atoms with Crippen LogP contribution in [0.15, 0.2) is 48.5 Å². The number of nitrogens with one attached hydrogen (secondary N) is 1. The molecule has 1 atom stereocenters. The highest BCUT2D eigenvalue weighted by molar-refractivity contribution is 7.81. The lowest BCUT2D eigenvalue weighted by atomic mass is 9.79. The number of ether oxygens (including phenoxy) is 3. The molecule has 184 valence electrons. The van der Waals surface area contributed by atoms with Crippen LogP contribution in [0.25, 0.3) is 0 Å². The highest BCUT2D eigenvalue weighted by Crippen LogP contribution is 2.43. The minimum absolute atomic E-state index is 0.0248. The van der Waals surface area contributed by atoms with Gasteiger partial charge in [0.25, 0.3) is 0 Å². The molecular formula is C25H31NO7S. The van der Waals surface area contributed by atoms with E-state index in [-0.39, 0.29) is 31.4 Å². The van der Waals surface area contributed by atoms with E-state index in [9.17, 15) is 19.5 Å². The Morgan fingerprint density at radius 3 is 2.35 bits per heavy atom. The number of Topliss-reactive ketones (excluding diaryl/α,β-unsaturated/α-hetero) is 1. The molecule has 0 heterocycles. The van der Waals surface area contributed by atoms with Crippen molar-refractivity contribution >= 4 is 36.2 Å². The molecule has 2 aromatic carbocycles. The number of aliphatic hydroxyl groups is 1. The maximum Gasteiger partial charge on any atom is 0.412 e.